The van der Waals surface area contributed by atoms with Crippen LogP contribution in [0.2, 0.25) is 5.02 Å². The van der Waals surface area contributed by atoms with Gasteiger partial charge in [0, 0.05) is 25.3 Å². The zero-order valence-electron chi connectivity index (χ0n) is 10.6. The Hall–Kier alpha value is -1.86. The van der Waals surface area contributed by atoms with Crippen molar-refractivity contribution >= 4 is 28.9 Å². The minimum atomic E-state index is -0.623. The number of nitro groups is 1. The van der Waals surface area contributed by atoms with Gasteiger partial charge in [-0.15, -0.1) is 0 Å². The summed E-state index contributed by atoms with van der Waals surface area (Å²) in [6.45, 7) is 1.03. The molecule has 0 aliphatic carbocycles. The van der Waals surface area contributed by atoms with Crippen LogP contribution in [0.25, 0.3) is 0 Å². The van der Waals surface area contributed by atoms with E-state index in [1.807, 2.05) is 0 Å². The molecule has 7 nitrogen and oxygen atoms in total. The van der Waals surface area contributed by atoms with E-state index in [9.17, 15) is 14.9 Å². The van der Waals surface area contributed by atoms with E-state index in [1.165, 1.54) is 0 Å². The van der Waals surface area contributed by atoms with Crippen LogP contribution in [-0.4, -0.2) is 30.1 Å². The zero-order chi connectivity index (χ0) is 14.7. The highest BCUT2D eigenvalue weighted by Gasteiger charge is 2.21. The Morgan fingerprint density at radius 1 is 1.60 bits per heavy atom. The van der Waals surface area contributed by atoms with Crippen molar-refractivity contribution in [3.8, 4) is 0 Å². The summed E-state index contributed by atoms with van der Waals surface area (Å²) in [5.41, 5.74) is 5.45. The highest BCUT2D eigenvalue weighted by atomic mass is 35.5. The van der Waals surface area contributed by atoms with Gasteiger partial charge >= 0.3 is 0 Å². The molecule has 1 unspecified atom stereocenters. The molecule has 1 aromatic rings. The number of non-ortho nitro benzene ring substituents is 1. The molecule has 1 amide bonds. The molecule has 1 atom stereocenters. The monoisotopic (exact) mass is 299 g/mol. The third-order valence-electron chi connectivity index (χ3n) is 3.08. The fourth-order valence-corrected chi connectivity index (χ4v) is 2.22. The highest BCUT2D eigenvalue weighted by molar-refractivity contribution is 6.34. The van der Waals surface area contributed by atoms with E-state index in [2.05, 4.69) is 5.32 Å². The SMILES string of the molecule is Nc1c(Cl)cc([N+](=O)[O-])cc1C(=O)NCC1CCCO1. The first-order chi connectivity index (χ1) is 9.49. The second-order valence-electron chi connectivity index (χ2n) is 4.49. The number of nitrogens with one attached hydrogen (secondary N) is 1. The van der Waals surface area contributed by atoms with E-state index < -0.39 is 10.8 Å². The summed E-state index contributed by atoms with van der Waals surface area (Å²) in [6, 6.07) is 2.24. The first kappa shape index (κ1) is 14.5. The molecule has 8 heteroatoms. The molecule has 1 heterocycles. The lowest BCUT2D eigenvalue weighted by molar-refractivity contribution is -0.384. The Balaban J connectivity index is 2.13. The lowest BCUT2D eigenvalue weighted by Crippen LogP contribution is -2.32. The van der Waals surface area contributed by atoms with Gasteiger partial charge in [0.2, 0.25) is 0 Å². The van der Waals surface area contributed by atoms with Gasteiger partial charge in [-0.05, 0) is 12.8 Å². The lowest BCUT2D eigenvalue weighted by atomic mass is 10.1. The van der Waals surface area contributed by atoms with Crippen molar-refractivity contribution in [2.24, 2.45) is 0 Å². The molecular weight excluding hydrogens is 286 g/mol. The second-order valence-corrected chi connectivity index (χ2v) is 4.90. The molecule has 1 aromatic carbocycles. The molecule has 20 heavy (non-hydrogen) atoms. The maximum atomic E-state index is 12.0. The van der Waals surface area contributed by atoms with E-state index in [0.717, 1.165) is 25.0 Å². The summed E-state index contributed by atoms with van der Waals surface area (Å²) in [4.78, 5) is 22.2. The lowest BCUT2D eigenvalue weighted by Gasteiger charge is -2.12. The number of nitrogen functional groups attached to an aromatic ring is 1. The number of carbonyl (C=O) groups is 1. The number of nitrogens with two attached hydrogens (primary N) is 1. The predicted molar refractivity (Wildman–Crippen MR) is 73.8 cm³/mol. The number of anilines is 1. The maximum absolute atomic E-state index is 12.0. The molecule has 0 spiro atoms. The third-order valence-corrected chi connectivity index (χ3v) is 3.40. The molecule has 0 radical (unpaired) electrons. The number of nitro benzene ring substituents is 1. The van der Waals surface area contributed by atoms with Crippen molar-refractivity contribution in [2.75, 3.05) is 18.9 Å². The van der Waals surface area contributed by atoms with Crippen LogP contribution in [-0.2, 0) is 4.74 Å². The third kappa shape index (κ3) is 3.17. The predicted octanol–water partition coefficient (Wildman–Crippen LogP) is 1.74. The van der Waals surface area contributed by atoms with Gasteiger partial charge in [0.05, 0.1) is 27.3 Å². The van der Waals surface area contributed by atoms with E-state index >= 15 is 0 Å². The fraction of sp³-hybridized carbons (Fsp3) is 0.417. The van der Waals surface area contributed by atoms with Crippen molar-refractivity contribution in [1.82, 2.24) is 5.32 Å². The first-order valence-corrected chi connectivity index (χ1v) is 6.50. The van der Waals surface area contributed by atoms with Crippen LogP contribution >= 0.6 is 11.6 Å². The Labute approximate surface area is 120 Å². The molecule has 0 saturated carbocycles. The van der Waals surface area contributed by atoms with Crippen molar-refractivity contribution in [3.05, 3.63) is 32.8 Å². The minimum Gasteiger partial charge on any atom is -0.397 e. The number of halogens is 1. The minimum absolute atomic E-state index is 0.00203. The second kappa shape index (κ2) is 6.06. The standard InChI is InChI=1S/C12H14ClN3O4/c13-10-5-7(16(18)19)4-9(11(10)14)12(17)15-6-8-2-1-3-20-8/h4-5,8H,1-3,6,14H2,(H,15,17). The van der Waals surface area contributed by atoms with Gasteiger partial charge in [-0.1, -0.05) is 11.6 Å². The summed E-state index contributed by atoms with van der Waals surface area (Å²) in [7, 11) is 0. The normalized spacial score (nSPS) is 17.9. The van der Waals surface area contributed by atoms with Crippen LogP contribution in [0.4, 0.5) is 11.4 Å². The quantitative estimate of drug-likeness (QED) is 0.500. The van der Waals surface area contributed by atoms with Gasteiger partial charge in [-0.2, -0.15) is 0 Å². The Kier molecular flexibility index (Phi) is 4.41. The number of ether oxygens (including phenoxy) is 1. The summed E-state index contributed by atoms with van der Waals surface area (Å²) in [5.74, 6) is -0.497. The maximum Gasteiger partial charge on any atom is 0.271 e. The van der Waals surface area contributed by atoms with Gasteiger partial charge in [-0.3, -0.25) is 14.9 Å². The van der Waals surface area contributed by atoms with Gasteiger partial charge < -0.3 is 15.8 Å². The number of amides is 1. The molecule has 2 rings (SSSR count). The molecule has 1 saturated heterocycles. The smallest absolute Gasteiger partial charge is 0.271 e. The van der Waals surface area contributed by atoms with Crippen LogP contribution in [0.15, 0.2) is 12.1 Å². The van der Waals surface area contributed by atoms with Crippen molar-refractivity contribution < 1.29 is 14.5 Å². The first-order valence-electron chi connectivity index (χ1n) is 6.12. The average Bonchev–Trinajstić information content (AvgIpc) is 2.92. The summed E-state index contributed by atoms with van der Waals surface area (Å²) < 4.78 is 5.37. The summed E-state index contributed by atoms with van der Waals surface area (Å²) in [6.07, 6.45) is 1.82. The topological polar surface area (TPSA) is 107 Å². The molecular formula is C12H14ClN3O4. The van der Waals surface area contributed by atoms with Gasteiger partial charge in [-0.25, -0.2) is 0 Å². The zero-order valence-corrected chi connectivity index (χ0v) is 11.4. The summed E-state index contributed by atoms with van der Waals surface area (Å²) in [5, 5.41) is 13.4. The van der Waals surface area contributed by atoms with Crippen LogP contribution in [0, 0.1) is 10.1 Å². The molecule has 0 aromatic heterocycles. The molecule has 1 aliphatic heterocycles. The van der Waals surface area contributed by atoms with E-state index in [4.69, 9.17) is 22.1 Å². The van der Waals surface area contributed by atoms with Crippen LogP contribution < -0.4 is 11.1 Å². The number of carbonyl (C=O) groups excluding carboxylic acids is 1. The van der Waals surface area contributed by atoms with E-state index in [-0.39, 0.29) is 28.1 Å². The van der Waals surface area contributed by atoms with Crippen LogP contribution in [0.1, 0.15) is 23.2 Å². The van der Waals surface area contributed by atoms with Crippen LogP contribution in [0.3, 0.4) is 0 Å². The Morgan fingerprint density at radius 3 is 2.95 bits per heavy atom. The Bertz CT molecular complexity index is 544. The number of nitrogens with zero attached hydrogens (tertiary/aromatic N) is 1. The Morgan fingerprint density at radius 2 is 2.35 bits per heavy atom. The molecule has 1 aliphatic rings. The molecule has 108 valence electrons. The number of hydrogen-bond acceptors (Lipinski definition) is 5. The number of benzene rings is 1. The number of rotatable bonds is 4. The number of hydrogen-bond donors (Lipinski definition) is 2. The average molecular weight is 300 g/mol. The fourth-order valence-electron chi connectivity index (χ4n) is 2.00. The van der Waals surface area contributed by atoms with Crippen molar-refractivity contribution in [2.45, 2.75) is 18.9 Å². The summed E-state index contributed by atoms with van der Waals surface area (Å²) >= 11 is 5.80. The molecule has 3 N–H and O–H groups in total. The van der Waals surface area contributed by atoms with E-state index in [0.29, 0.717) is 13.2 Å². The molecule has 1 fully saturated rings. The van der Waals surface area contributed by atoms with Crippen molar-refractivity contribution in [1.29, 1.82) is 0 Å². The van der Waals surface area contributed by atoms with Crippen molar-refractivity contribution in [3.63, 3.8) is 0 Å². The van der Waals surface area contributed by atoms with Gasteiger partial charge in [0.1, 0.15) is 0 Å². The van der Waals surface area contributed by atoms with E-state index in [1.54, 1.807) is 0 Å². The largest absolute Gasteiger partial charge is 0.397 e. The van der Waals surface area contributed by atoms with Crippen LogP contribution in [0.5, 0.6) is 0 Å². The molecule has 0 bridgehead atoms. The van der Waals surface area contributed by atoms with Gasteiger partial charge in [0.25, 0.3) is 11.6 Å². The highest BCUT2D eigenvalue weighted by Crippen LogP contribution is 2.28. The van der Waals surface area contributed by atoms with Gasteiger partial charge in [0.15, 0.2) is 0 Å².